The third-order valence-electron chi connectivity index (χ3n) is 4.14. The van der Waals surface area contributed by atoms with Crippen molar-refractivity contribution in [2.75, 3.05) is 6.54 Å². The van der Waals surface area contributed by atoms with Crippen molar-refractivity contribution in [2.45, 2.75) is 12.5 Å². The van der Waals surface area contributed by atoms with E-state index in [1.807, 2.05) is 36.4 Å². The molecule has 0 bridgehead atoms. The molecule has 25 heavy (non-hydrogen) atoms. The summed E-state index contributed by atoms with van der Waals surface area (Å²) in [6.45, 7) is 1.82. The maximum Gasteiger partial charge on any atom is 0.325 e. The van der Waals surface area contributed by atoms with Crippen molar-refractivity contribution < 1.29 is 9.59 Å². The lowest BCUT2D eigenvalue weighted by Crippen LogP contribution is -2.41. The zero-order chi connectivity index (χ0) is 18.0. The molecule has 3 amide bonds. The van der Waals surface area contributed by atoms with E-state index in [0.717, 1.165) is 5.56 Å². The largest absolute Gasteiger partial charge is 0.325 e. The van der Waals surface area contributed by atoms with Crippen molar-refractivity contribution in [1.29, 1.82) is 0 Å². The van der Waals surface area contributed by atoms with Crippen LogP contribution >= 0.6 is 23.2 Å². The summed E-state index contributed by atoms with van der Waals surface area (Å²) in [5.74, 6) is -0.348. The first-order valence-corrected chi connectivity index (χ1v) is 8.48. The second-order valence-corrected chi connectivity index (χ2v) is 6.75. The second-order valence-electron chi connectivity index (χ2n) is 5.91. The number of urea groups is 1. The smallest absolute Gasteiger partial charge is 0.319 e. The number of nitrogens with one attached hydrogen (secondary N) is 1. The van der Waals surface area contributed by atoms with Crippen LogP contribution in [-0.4, -0.2) is 23.4 Å². The van der Waals surface area contributed by atoms with Gasteiger partial charge in [0.1, 0.15) is 5.54 Å². The summed E-state index contributed by atoms with van der Waals surface area (Å²) in [5, 5.41) is 3.54. The maximum atomic E-state index is 12.8. The number of nitrogens with zero attached hydrogens (tertiary/aromatic N) is 1. The first kappa shape index (κ1) is 17.5. The quantitative estimate of drug-likeness (QED) is 0.802. The average Bonchev–Trinajstić information content (AvgIpc) is 2.79. The van der Waals surface area contributed by atoms with Gasteiger partial charge in [-0.25, -0.2) is 4.79 Å². The molecule has 1 N–H and O–H groups in total. The molecule has 1 aliphatic rings. The molecule has 1 atom stereocenters. The number of hydrogen-bond donors (Lipinski definition) is 1. The van der Waals surface area contributed by atoms with Gasteiger partial charge < -0.3 is 5.32 Å². The minimum absolute atomic E-state index is 0.181. The summed E-state index contributed by atoms with van der Waals surface area (Å²) in [7, 11) is 0. The Morgan fingerprint density at radius 2 is 1.84 bits per heavy atom. The van der Waals surface area contributed by atoms with Crippen molar-refractivity contribution in [1.82, 2.24) is 10.2 Å². The molecule has 0 radical (unpaired) electrons. The predicted octanol–water partition coefficient (Wildman–Crippen LogP) is 4.47. The molecule has 0 aromatic heterocycles. The molecule has 2 aromatic rings. The minimum Gasteiger partial charge on any atom is -0.319 e. The van der Waals surface area contributed by atoms with Crippen LogP contribution in [0.4, 0.5) is 4.79 Å². The fourth-order valence-electron chi connectivity index (χ4n) is 2.80. The molecule has 1 unspecified atom stereocenters. The minimum atomic E-state index is -1.21. The number of imide groups is 1. The van der Waals surface area contributed by atoms with E-state index in [1.54, 1.807) is 31.2 Å². The lowest BCUT2D eigenvalue weighted by molar-refractivity contribution is -0.130. The number of carbonyl (C=O) groups excluding carboxylic acids is 2. The molecule has 1 aliphatic heterocycles. The topological polar surface area (TPSA) is 49.4 Å². The Labute approximate surface area is 156 Å². The number of benzene rings is 2. The molecule has 4 nitrogen and oxygen atoms in total. The van der Waals surface area contributed by atoms with Gasteiger partial charge in [0, 0.05) is 22.2 Å². The zero-order valence-corrected chi connectivity index (χ0v) is 15.0. The number of amides is 3. The Hall–Kier alpha value is -2.30. The van der Waals surface area contributed by atoms with Crippen LogP contribution in [0.15, 0.2) is 54.6 Å². The zero-order valence-electron chi connectivity index (χ0n) is 13.5. The summed E-state index contributed by atoms with van der Waals surface area (Å²) < 4.78 is 0. The Kier molecular flexibility index (Phi) is 4.84. The number of hydrogen-bond acceptors (Lipinski definition) is 2. The van der Waals surface area contributed by atoms with E-state index in [4.69, 9.17) is 23.2 Å². The van der Waals surface area contributed by atoms with E-state index >= 15 is 0 Å². The van der Waals surface area contributed by atoms with Crippen LogP contribution in [0.2, 0.25) is 10.0 Å². The highest BCUT2D eigenvalue weighted by Crippen LogP contribution is 2.34. The Morgan fingerprint density at radius 3 is 2.52 bits per heavy atom. The molecular weight excluding hydrogens is 359 g/mol. The number of halogens is 2. The third kappa shape index (κ3) is 3.41. The third-order valence-corrected chi connectivity index (χ3v) is 4.69. The van der Waals surface area contributed by atoms with E-state index in [-0.39, 0.29) is 12.5 Å². The Morgan fingerprint density at radius 1 is 1.12 bits per heavy atom. The van der Waals surface area contributed by atoms with Crippen LogP contribution in [-0.2, 0) is 10.3 Å². The van der Waals surface area contributed by atoms with Gasteiger partial charge in [0.25, 0.3) is 5.91 Å². The highest BCUT2D eigenvalue weighted by Gasteiger charge is 2.49. The monoisotopic (exact) mass is 374 g/mol. The summed E-state index contributed by atoms with van der Waals surface area (Å²) in [4.78, 5) is 26.3. The molecule has 1 heterocycles. The van der Waals surface area contributed by atoms with Crippen LogP contribution in [0, 0.1) is 0 Å². The molecule has 2 aromatic carbocycles. The second kappa shape index (κ2) is 6.90. The highest BCUT2D eigenvalue weighted by molar-refractivity contribution is 6.35. The van der Waals surface area contributed by atoms with Crippen LogP contribution in [0.5, 0.6) is 0 Å². The lowest BCUT2D eigenvalue weighted by atomic mass is 9.92. The predicted molar refractivity (Wildman–Crippen MR) is 99.5 cm³/mol. The molecule has 1 fully saturated rings. The number of rotatable bonds is 4. The molecule has 128 valence electrons. The summed E-state index contributed by atoms with van der Waals surface area (Å²) in [6.07, 6.45) is 3.65. The average molecular weight is 375 g/mol. The van der Waals surface area contributed by atoms with Crippen molar-refractivity contribution in [3.63, 3.8) is 0 Å². The van der Waals surface area contributed by atoms with E-state index < -0.39 is 11.6 Å². The summed E-state index contributed by atoms with van der Waals surface area (Å²) in [6, 6.07) is 14.1. The van der Waals surface area contributed by atoms with Gasteiger partial charge in [-0.15, -0.1) is 0 Å². The van der Waals surface area contributed by atoms with Gasteiger partial charge in [0.2, 0.25) is 0 Å². The molecule has 6 heteroatoms. The number of carbonyl (C=O) groups is 2. The van der Waals surface area contributed by atoms with Crippen LogP contribution in [0.3, 0.4) is 0 Å². The van der Waals surface area contributed by atoms with Gasteiger partial charge in [-0.3, -0.25) is 9.69 Å². The lowest BCUT2D eigenvalue weighted by Gasteiger charge is -2.23. The van der Waals surface area contributed by atoms with Crippen molar-refractivity contribution in [3.05, 3.63) is 75.8 Å². The van der Waals surface area contributed by atoms with Gasteiger partial charge in [0.15, 0.2) is 0 Å². The molecular formula is C19H16Cl2N2O2. The summed E-state index contributed by atoms with van der Waals surface area (Å²) in [5.41, 5.74) is 0.309. The molecule has 0 aliphatic carbocycles. The maximum absolute atomic E-state index is 12.8. The van der Waals surface area contributed by atoms with Gasteiger partial charge in [-0.2, -0.15) is 0 Å². The first-order chi connectivity index (χ1) is 11.9. The molecule has 0 spiro atoms. The van der Waals surface area contributed by atoms with Crippen molar-refractivity contribution in [2.24, 2.45) is 0 Å². The van der Waals surface area contributed by atoms with Crippen LogP contribution < -0.4 is 5.32 Å². The van der Waals surface area contributed by atoms with Gasteiger partial charge in [-0.1, -0.05) is 71.8 Å². The molecule has 0 saturated carbocycles. The van der Waals surface area contributed by atoms with E-state index in [2.05, 4.69) is 5.32 Å². The van der Waals surface area contributed by atoms with Crippen LogP contribution in [0.1, 0.15) is 18.1 Å². The van der Waals surface area contributed by atoms with Crippen molar-refractivity contribution >= 4 is 41.2 Å². The highest BCUT2D eigenvalue weighted by atomic mass is 35.5. The molecule has 1 saturated heterocycles. The van der Waals surface area contributed by atoms with Gasteiger partial charge in [0.05, 0.1) is 0 Å². The normalized spacial score (nSPS) is 20.4. The Balaban J connectivity index is 1.81. The SMILES string of the molecule is CC1(c2ccc(Cl)cc2Cl)NC(=O)N(C/C=C/c2ccccc2)C1=O. The van der Waals surface area contributed by atoms with Gasteiger partial charge in [-0.05, 0) is 24.6 Å². The van der Waals surface area contributed by atoms with Crippen LogP contribution in [0.25, 0.3) is 6.08 Å². The fraction of sp³-hybridized carbons (Fsp3) is 0.158. The van der Waals surface area contributed by atoms with Crippen molar-refractivity contribution in [3.8, 4) is 0 Å². The van der Waals surface area contributed by atoms with E-state index in [9.17, 15) is 9.59 Å². The molecule has 3 rings (SSSR count). The van der Waals surface area contributed by atoms with Gasteiger partial charge >= 0.3 is 6.03 Å². The Bertz CT molecular complexity index is 852. The van der Waals surface area contributed by atoms with E-state index in [0.29, 0.717) is 15.6 Å². The fourth-order valence-corrected chi connectivity index (χ4v) is 3.40. The van der Waals surface area contributed by atoms with E-state index in [1.165, 1.54) is 4.90 Å². The standard InChI is InChI=1S/C19H16Cl2N2O2/c1-19(15-10-9-14(20)12-16(15)21)17(24)23(18(25)22-19)11-5-8-13-6-3-2-4-7-13/h2-10,12H,11H2,1H3,(H,22,25)/b8-5+. The summed E-state index contributed by atoms with van der Waals surface area (Å²) >= 11 is 12.1. The first-order valence-electron chi connectivity index (χ1n) is 7.73.